The number of hydrogen-bond donors (Lipinski definition) is 1. The monoisotopic (exact) mass is 395 g/mol. The smallest absolute Gasteiger partial charge is 0.318 e. The van der Waals surface area contributed by atoms with Crippen LogP contribution in [0, 0.1) is 0 Å². The minimum Gasteiger partial charge on any atom is -0.378 e. The summed E-state index contributed by atoms with van der Waals surface area (Å²) in [7, 11) is 0. The molecule has 0 bridgehead atoms. The van der Waals surface area contributed by atoms with E-state index in [9.17, 15) is 4.79 Å². The van der Waals surface area contributed by atoms with Crippen molar-refractivity contribution in [2.75, 3.05) is 37.7 Å². The number of amides is 2. The van der Waals surface area contributed by atoms with Gasteiger partial charge in [0.15, 0.2) is 0 Å². The zero-order chi connectivity index (χ0) is 20.2. The highest BCUT2D eigenvalue weighted by Gasteiger charge is 2.23. The highest BCUT2D eigenvalue weighted by molar-refractivity contribution is 5.74. The fraction of sp³-hybridized carbons (Fsp3) is 0.500. The largest absolute Gasteiger partial charge is 0.378 e. The molecule has 1 N–H and O–H groups in total. The first-order valence-electron chi connectivity index (χ1n) is 10.4. The molecule has 7 heteroatoms. The predicted octanol–water partition coefficient (Wildman–Crippen LogP) is 2.70. The van der Waals surface area contributed by atoms with Gasteiger partial charge in [0, 0.05) is 44.0 Å². The Morgan fingerprint density at radius 1 is 1.21 bits per heavy atom. The fourth-order valence-corrected chi connectivity index (χ4v) is 3.83. The molecule has 2 aromatic rings. The summed E-state index contributed by atoms with van der Waals surface area (Å²) in [5.74, 6) is 1.12. The molecule has 154 valence electrons. The molecule has 1 aromatic heterocycles. The molecule has 1 fully saturated rings. The maximum Gasteiger partial charge on any atom is 0.318 e. The Morgan fingerprint density at radius 2 is 2.00 bits per heavy atom. The van der Waals surface area contributed by atoms with Crippen molar-refractivity contribution >= 4 is 11.7 Å². The predicted molar refractivity (Wildman–Crippen MR) is 112 cm³/mol. The molecule has 0 saturated carbocycles. The average molecular weight is 396 g/mol. The standard InChI is InChI=1S/C22H29N5O2/c1-16(2)21-23-13-17-7-8-27(15-19(17)25-21)22(28)24-14-18-5-3-4-6-20(18)26-9-11-29-12-10-26/h3-6,13,16H,7-12,14-15H2,1-2H3,(H,24,28). The maximum absolute atomic E-state index is 12.8. The van der Waals surface area contributed by atoms with Gasteiger partial charge in [0.05, 0.1) is 25.5 Å². The summed E-state index contributed by atoms with van der Waals surface area (Å²) < 4.78 is 5.46. The number of rotatable bonds is 4. The number of aromatic nitrogens is 2. The third-order valence-corrected chi connectivity index (χ3v) is 5.54. The van der Waals surface area contributed by atoms with Crippen molar-refractivity contribution in [3.63, 3.8) is 0 Å². The summed E-state index contributed by atoms with van der Waals surface area (Å²) in [6.07, 6.45) is 2.72. The quantitative estimate of drug-likeness (QED) is 0.862. The number of carbonyl (C=O) groups is 1. The molecule has 0 unspecified atom stereocenters. The lowest BCUT2D eigenvalue weighted by molar-refractivity contribution is 0.122. The molecule has 0 atom stereocenters. The van der Waals surface area contributed by atoms with E-state index in [4.69, 9.17) is 4.74 Å². The van der Waals surface area contributed by atoms with Crippen LogP contribution in [-0.4, -0.2) is 53.7 Å². The second-order valence-electron chi connectivity index (χ2n) is 7.91. The topological polar surface area (TPSA) is 70.6 Å². The molecule has 7 nitrogen and oxygen atoms in total. The number of carbonyl (C=O) groups excluding carboxylic acids is 1. The van der Waals surface area contributed by atoms with Gasteiger partial charge in [-0.2, -0.15) is 0 Å². The van der Waals surface area contributed by atoms with Crippen LogP contribution >= 0.6 is 0 Å². The molecular weight excluding hydrogens is 366 g/mol. The molecule has 3 heterocycles. The van der Waals surface area contributed by atoms with Crippen LogP contribution in [0.5, 0.6) is 0 Å². The van der Waals surface area contributed by atoms with Crippen molar-refractivity contribution in [2.24, 2.45) is 0 Å². The van der Waals surface area contributed by atoms with E-state index in [0.29, 0.717) is 19.6 Å². The molecule has 2 aliphatic heterocycles. The molecule has 29 heavy (non-hydrogen) atoms. The number of morpholine rings is 1. The van der Waals surface area contributed by atoms with Crippen LogP contribution in [0.4, 0.5) is 10.5 Å². The number of benzene rings is 1. The van der Waals surface area contributed by atoms with Gasteiger partial charge in [-0.05, 0) is 23.6 Å². The van der Waals surface area contributed by atoms with Gasteiger partial charge in [-0.3, -0.25) is 0 Å². The van der Waals surface area contributed by atoms with Gasteiger partial charge in [0.1, 0.15) is 5.82 Å². The van der Waals surface area contributed by atoms with E-state index in [0.717, 1.165) is 55.4 Å². The van der Waals surface area contributed by atoms with Crippen molar-refractivity contribution in [1.29, 1.82) is 0 Å². The number of urea groups is 1. The summed E-state index contributed by atoms with van der Waals surface area (Å²) in [6, 6.07) is 8.22. The van der Waals surface area contributed by atoms with Crippen molar-refractivity contribution < 1.29 is 9.53 Å². The summed E-state index contributed by atoms with van der Waals surface area (Å²) in [4.78, 5) is 26.1. The lowest BCUT2D eigenvalue weighted by Crippen LogP contribution is -2.43. The van der Waals surface area contributed by atoms with E-state index < -0.39 is 0 Å². The molecule has 0 radical (unpaired) electrons. The number of ether oxygens (including phenoxy) is 1. The fourth-order valence-electron chi connectivity index (χ4n) is 3.83. The van der Waals surface area contributed by atoms with E-state index in [-0.39, 0.29) is 11.9 Å². The lowest BCUT2D eigenvalue weighted by Gasteiger charge is -2.31. The van der Waals surface area contributed by atoms with Gasteiger partial charge in [-0.25, -0.2) is 14.8 Å². The van der Waals surface area contributed by atoms with Crippen LogP contribution in [0.1, 0.15) is 42.4 Å². The first-order valence-corrected chi connectivity index (χ1v) is 10.4. The summed E-state index contributed by atoms with van der Waals surface area (Å²) in [6.45, 7) is 9.15. The summed E-state index contributed by atoms with van der Waals surface area (Å²) in [5, 5.41) is 3.10. The molecular formula is C22H29N5O2. The molecule has 2 amide bonds. The third kappa shape index (κ3) is 4.50. The normalized spacial score (nSPS) is 16.7. The lowest BCUT2D eigenvalue weighted by atomic mass is 10.1. The van der Waals surface area contributed by atoms with E-state index in [1.165, 1.54) is 5.69 Å². The molecule has 1 saturated heterocycles. The first-order chi connectivity index (χ1) is 14.1. The molecule has 4 rings (SSSR count). The van der Waals surface area contributed by atoms with Crippen molar-refractivity contribution in [1.82, 2.24) is 20.2 Å². The van der Waals surface area contributed by atoms with Gasteiger partial charge in [-0.1, -0.05) is 32.0 Å². The van der Waals surface area contributed by atoms with Gasteiger partial charge >= 0.3 is 6.03 Å². The third-order valence-electron chi connectivity index (χ3n) is 5.54. The number of anilines is 1. The zero-order valence-corrected chi connectivity index (χ0v) is 17.2. The number of hydrogen-bond acceptors (Lipinski definition) is 5. The van der Waals surface area contributed by atoms with E-state index in [1.54, 1.807) is 0 Å². The van der Waals surface area contributed by atoms with Crippen LogP contribution in [0.2, 0.25) is 0 Å². The molecule has 2 aliphatic rings. The Bertz CT molecular complexity index is 864. The van der Waals surface area contributed by atoms with Gasteiger partial charge in [-0.15, -0.1) is 0 Å². The van der Waals surface area contributed by atoms with E-state index in [1.807, 2.05) is 23.2 Å². The first kappa shape index (κ1) is 19.6. The van der Waals surface area contributed by atoms with Crippen LogP contribution in [0.25, 0.3) is 0 Å². The van der Waals surface area contributed by atoms with Crippen molar-refractivity contribution in [2.45, 2.75) is 39.3 Å². The van der Waals surface area contributed by atoms with Crippen LogP contribution in [0.3, 0.4) is 0 Å². The van der Waals surface area contributed by atoms with Crippen LogP contribution in [-0.2, 0) is 24.2 Å². The highest BCUT2D eigenvalue weighted by Crippen LogP contribution is 2.22. The highest BCUT2D eigenvalue weighted by atomic mass is 16.5. The van der Waals surface area contributed by atoms with Crippen molar-refractivity contribution in [3.8, 4) is 0 Å². The zero-order valence-electron chi connectivity index (χ0n) is 17.2. The molecule has 0 aliphatic carbocycles. The van der Waals surface area contributed by atoms with E-state index in [2.05, 4.69) is 46.2 Å². The number of nitrogens with one attached hydrogen (secondary N) is 1. The Hall–Kier alpha value is -2.67. The van der Waals surface area contributed by atoms with Gasteiger partial charge < -0.3 is 19.9 Å². The maximum atomic E-state index is 12.8. The molecule has 1 aromatic carbocycles. The Labute approximate surface area is 172 Å². The number of fused-ring (bicyclic) bond motifs is 1. The van der Waals surface area contributed by atoms with E-state index >= 15 is 0 Å². The number of para-hydroxylation sites is 1. The van der Waals surface area contributed by atoms with Gasteiger partial charge in [0.2, 0.25) is 0 Å². The second kappa shape index (κ2) is 8.78. The SMILES string of the molecule is CC(C)c1ncc2c(n1)CN(C(=O)NCc1ccccc1N1CCOCC1)CC2. The second-order valence-corrected chi connectivity index (χ2v) is 7.91. The van der Waals surface area contributed by atoms with Crippen LogP contribution in [0.15, 0.2) is 30.5 Å². The number of nitrogens with zero attached hydrogens (tertiary/aromatic N) is 4. The van der Waals surface area contributed by atoms with Gasteiger partial charge in [0.25, 0.3) is 0 Å². The Balaban J connectivity index is 1.40. The Morgan fingerprint density at radius 3 is 2.79 bits per heavy atom. The van der Waals surface area contributed by atoms with Crippen LogP contribution < -0.4 is 10.2 Å². The average Bonchev–Trinajstić information content (AvgIpc) is 2.77. The minimum atomic E-state index is -0.0443. The van der Waals surface area contributed by atoms with Crippen molar-refractivity contribution in [3.05, 3.63) is 53.1 Å². The summed E-state index contributed by atoms with van der Waals surface area (Å²) in [5.41, 5.74) is 4.42. The molecule has 0 spiro atoms. The summed E-state index contributed by atoms with van der Waals surface area (Å²) >= 11 is 0. The minimum absolute atomic E-state index is 0.0443. The Kier molecular flexibility index (Phi) is 5.94.